The molecule has 0 radical (unpaired) electrons. The predicted octanol–water partition coefficient (Wildman–Crippen LogP) is 2.81. The monoisotopic (exact) mass is 290 g/mol. The van der Waals surface area contributed by atoms with Crippen molar-refractivity contribution in [3.05, 3.63) is 35.4 Å². The molecular formula is C10H11IO2. The zero-order valence-corrected chi connectivity index (χ0v) is 9.48. The van der Waals surface area contributed by atoms with Gasteiger partial charge in [0.15, 0.2) is 0 Å². The predicted molar refractivity (Wildman–Crippen MR) is 60.2 cm³/mol. The van der Waals surface area contributed by atoms with Crippen molar-refractivity contribution in [3.63, 3.8) is 0 Å². The summed E-state index contributed by atoms with van der Waals surface area (Å²) in [6.45, 7) is 2.08. The van der Waals surface area contributed by atoms with Crippen LogP contribution in [0, 0.1) is 0 Å². The summed E-state index contributed by atoms with van der Waals surface area (Å²) >= 11 is 1.92. The summed E-state index contributed by atoms with van der Waals surface area (Å²) in [5.74, 6) is -0.787. The van der Waals surface area contributed by atoms with Crippen LogP contribution in [0.5, 0.6) is 0 Å². The lowest BCUT2D eigenvalue weighted by molar-refractivity contribution is -0.136. The molecule has 1 aromatic carbocycles. The maximum absolute atomic E-state index is 10.6. The summed E-state index contributed by atoms with van der Waals surface area (Å²) in [5, 5.41) is 8.75. The number of aryl methyl sites for hydroxylation is 1. The second kappa shape index (κ2) is 4.60. The SMILES string of the molecule is CCc1ccc(C(I)C(=O)O)cc1. The first-order chi connectivity index (χ1) is 6.15. The van der Waals surface area contributed by atoms with Crippen LogP contribution in [0.3, 0.4) is 0 Å². The Kier molecular flexibility index (Phi) is 3.71. The number of rotatable bonds is 3. The molecule has 0 aliphatic heterocycles. The molecule has 0 bridgehead atoms. The lowest BCUT2D eigenvalue weighted by Crippen LogP contribution is -2.03. The van der Waals surface area contributed by atoms with Gasteiger partial charge in [-0.3, -0.25) is 4.79 Å². The zero-order chi connectivity index (χ0) is 9.84. The van der Waals surface area contributed by atoms with Gasteiger partial charge in [0, 0.05) is 0 Å². The van der Waals surface area contributed by atoms with E-state index < -0.39 is 9.89 Å². The molecular weight excluding hydrogens is 279 g/mol. The summed E-state index contributed by atoms with van der Waals surface area (Å²) in [6, 6.07) is 7.71. The molecule has 2 nitrogen and oxygen atoms in total. The van der Waals surface area contributed by atoms with Crippen LogP contribution in [0.15, 0.2) is 24.3 Å². The van der Waals surface area contributed by atoms with Crippen LogP contribution in [-0.2, 0) is 11.2 Å². The Morgan fingerprint density at radius 2 is 2.00 bits per heavy atom. The van der Waals surface area contributed by atoms with E-state index in [2.05, 4.69) is 6.92 Å². The van der Waals surface area contributed by atoms with E-state index >= 15 is 0 Å². The molecule has 13 heavy (non-hydrogen) atoms. The highest BCUT2D eigenvalue weighted by molar-refractivity contribution is 14.1. The molecule has 0 aliphatic rings. The van der Waals surface area contributed by atoms with Gasteiger partial charge in [0.2, 0.25) is 0 Å². The van der Waals surface area contributed by atoms with E-state index in [0.717, 1.165) is 12.0 Å². The van der Waals surface area contributed by atoms with Gasteiger partial charge in [-0.15, -0.1) is 0 Å². The van der Waals surface area contributed by atoms with Gasteiger partial charge >= 0.3 is 5.97 Å². The highest BCUT2D eigenvalue weighted by Crippen LogP contribution is 2.23. The van der Waals surface area contributed by atoms with Gasteiger partial charge in [-0.05, 0) is 17.5 Å². The molecule has 0 heterocycles. The van der Waals surface area contributed by atoms with Gasteiger partial charge < -0.3 is 5.11 Å². The molecule has 1 atom stereocenters. The summed E-state index contributed by atoms with van der Waals surface area (Å²) in [7, 11) is 0. The van der Waals surface area contributed by atoms with Gasteiger partial charge in [0.25, 0.3) is 0 Å². The fourth-order valence-electron chi connectivity index (χ4n) is 1.06. The van der Waals surface area contributed by atoms with Crippen molar-refractivity contribution < 1.29 is 9.90 Å². The Labute approximate surface area is 91.1 Å². The van der Waals surface area contributed by atoms with Crippen molar-refractivity contribution in [2.45, 2.75) is 17.3 Å². The van der Waals surface area contributed by atoms with Gasteiger partial charge in [-0.1, -0.05) is 53.8 Å². The normalized spacial score (nSPS) is 12.5. The fourth-order valence-corrected chi connectivity index (χ4v) is 1.48. The van der Waals surface area contributed by atoms with Crippen LogP contribution < -0.4 is 0 Å². The average Bonchev–Trinajstić information content (AvgIpc) is 2.17. The molecule has 0 amide bonds. The number of carboxylic acids is 1. The number of halogens is 1. The van der Waals surface area contributed by atoms with Crippen molar-refractivity contribution in [3.8, 4) is 0 Å². The molecule has 1 aromatic rings. The topological polar surface area (TPSA) is 37.3 Å². The van der Waals surface area contributed by atoms with Crippen LogP contribution >= 0.6 is 22.6 Å². The van der Waals surface area contributed by atoms with E-state index in [9.17, 15) is 4.79 Å². The third kappa shape index (κ3) is 2.69. The number of hydrogen-bond donors (Lipinski definition) is 1. The van der Waals surface area contributed by atoms with E-state index in [1.54, 1.807) is 0 Å². The van der Waals surface area contributed by atoms with Gasteiger partial charge in [-0.25, -0.2) is 0 Å². The molecule has 70 valence electrons. The first kappa shape index (κ1) is 10.5. The number of alkyl halides is 1. The Bertz CT molecular complexity index is 292. The van der Waals surface area contributed by atoms with Crippen LogP contribution in [-0.4, -0.2) is 11.1 Å². The summed E-state index contributed by atoms with van der Waals surface area (Å²) < 4.78 is -0.441. The average molecular weight is 290 g/mol. The minimum atomic E-state index is -0.787. The van der Waals surface area contributed by atoms with Crippen LogP contribution in [0.4, 0.5) is 0 Å². The van der Waals surface area contributed by atoms with E-state index in [1.165, 1.54) is 5.56 Å². The van der Waals surface area contributed by atoms with Gasteiger partial charge in [-0.2, -0.15) is 0 Å². The minimum absolute atomic E-state index is 0.441. The molecule has 0 spiro atoms. The maximum Gasteiger partial charge on any atom is 0.320 e. The van der Waals surface area contributed by atoms with E-state index in [-0.39, 0.29) is 0 Å². The lowest BCUT2D eigenvalue weighted by Gasteiger charge is -2.05. The summed E-state index contributed by atoms with van der Waals surface area (Å²) in [5.41, 5.74) is 2.09. The van der Waals surface area contributed by atoms with E-state index in [1.807, 2.05) is 46.9 Å². The third-order valence-electron chi connectivity index (χ3n) is 1.90. The molecule has 3 heteroatoms. The first-order valence-electron chi connectivity index (χ1n) is 4.11. The first-order valence-corrected chi connectivity index (χ1v) is 5.35. The second-order valence-corrected chi connectivity index (χ2v) is 4.04. The smallest absolute Gasteiger partial charge is 0.320 e. The molecule has 0 saturated heterocycles. The van der Waals surface area contributed by atoms with Gasteiger partial charge in [0.1, 0.15) is 3.92 Å². The number of hydrogen-bond acceptors (Lipinski definition) is 1. The highest BCUT2D eigenvalue weighted by atomic mass is 127. The van der Waals surface area contributed by atoms with Crippen LogP contribution in [0.1, 0.15) is 22.0 Å². The third-order valence-corrected chi connectivity index (χ3v) is 3.15. The van der Waals surface area contributed by atoms with Crippen molar-refractivity contribution in [1.82, 2.24) is 0 Å². The quantitative estimate of drug-likeness (QED) is 0.686. The maximum atomic E-state index is 10.6. The molecule has 0 aromatic heterocycles. The van der Waals surface area contributed by atoms with Gasteiger partial charge in [0.05, 0.1) is 0 Å². The highest BCUT2D eigenvalue weighted by Gasteiger charge is 2.14. The van der Waals surface area contributed by atoms with E-state index in [4.69, 9.17) is 5.11 Å². The Morgan fingerprint density at radius 1 is 1.46 bits per heavy atom. The Balaban J connectivity index is 2.85. The summed E-state index contributed by atoms with van der Waals surface area (Å²) in [4.78, 5) is 10.6. The van der Waals surface area contributed by atoms with Crippen LogP contribution in [0.2, 0.25) is 0 Å². The largest absolute Gasteiger partial charge is 0.480 e. The number of benzene rings is 1. The van der Waals surface area contributed by atoms with Crippen molar-refractivity contribution in [2.75, 3.05) is 0 Å². The van der Waals surface area contributed by atoms with Crippen LogP contribution in [0.25, 0.3) is 0 Å². The van der Waals surface area contributed by atoms with E-state index in [0.29, 0.717) is 0 Å². The number of carboxylic acid groups (broad SMARTS) is 1. The fraction of sp³-hybridized carbons (Fsp3) is 0.300. The van der Waals surface area contributed by atoms with Crippen molar-refractivity contribution in [1.29, 1.82) is 0 Å². The molecule has 0 aliphatic carbocycles. The zero-order valence-electron chi connectivity index (χ0n) is 7.33. The number of carbonyl (C=O) groups is 1. The molecule has 1 N–H and O–H groups in total. The number of aliphatic carboxylic acids is 1. The molecule has 0 fully saturated rings. The molecule has 0 saturated carbocycles. The van der Waals surface area contributed by atoms with Crippen molar-refractivity contribution in [2.24, 2.45) is 0 Å². The van der Waals surface area contributed by atoms with Crippen molar-refractivity contribution >= 4 is 28.6 Å². The second-order valence-electron chi connectivity index (χ2n) is 2.80. The summed E-state index contributed by atoms with van der Waals surface area (Å²) in [6.07, 6.45) is 0.985. The Morgan fingerprint density at radius 3 is 2.38 bits per heavy atom. The minimum Gasteiger partial charge on any atom is -0.480 e. The lowest BCUT2D eigenvalue weighted by atomic mass is 10.1. The molecule has 1 unspecified atom stereocenters. The molecule has 1 rings (SSSR count). The Hall–Kier alpha value is -0.580. The standard InChI is InChI=1S/C10H11IO2/c1-2-7-3-5-8(6-4-7)9(11)10(12)13/h3-6,9H,2H2,1H3,(H,12,13).